The Bertz CT molecular complexity index is 1410. The number of carbonyl (C=O) groups is 2. The molecule has 0 fully saturated rings. The second-order valence-electron chi connectivity index (χ2n) is 7.43. The minimum atomic E-state index is -4.56. The van der Waals surface area contributed by atoms with E-state index in [0.29, 0.717) is 22.5 Å². The Kier molecular flexibility index (Phi) is 6.46. The summed E-state index contributed by atoms with van der Waals surface area (Å²) in [5.41, 5.74) is 0.668. The van der Waals surface area contributed by atoms with Crippen LogP contribution in [0.4, 0.5) is 18.9 Å². The number of rotatable bonds is 6. The van der Waals surface area contributed by atoms with Crippen LogP contribution in [-0.2, 0) is 10.9 Å². The highest BCUT2D eigenvalue weighted by Gasteiger charge is 2.30. The van der Waals surface area contributed by atoms with Gasteiger partial charge in [-0.05, 0) is 49.4 Å². The van der Waals surface area contributed by atoms with E-state index < -0.39 is 23.6 Å². The lowest BCUT2D eigenvalue weighted by molar-refractivity contribution is -0.137. The fourth-order valence-corrected chi connectivity index (χ4v) is 3.62. The van der Waals surface area contributed by atoms with E-state index in [4.69, 9.17) is 9.47 Å². The highest BCUT2D eigenvalue weighted by atomic mass is 19.4. The number of halogens is 3. The van der Waals surface area contributed by atoms with Gasteiger partial charge in [0, 0.05) is 11.3 Å². The van der Waals surface area contributed by atoms with E-state index in [2.05, 4.69) is 10.3 Å². The Morgan fingerprint density at radius 1 is 1.06 bits per heavy atom. The lowest BCUT2D eigenvalue weighted by Crippen LogP contribution is -2.15. The predicted octanol–water partition coefficient (Wildman–Crippen LogP) is 5.46. The van der Waals surface area contributed by atoms with Crippen LogP contribution in [0.2, 0.25) is 0 Å². The van der Waals surface area contributed by atoms with Crippen LogP contribution >= 0.6 is 0 Å². The van der Waals surface area contributed by atoms with Gasteiger partial charge in [-0.15, -0.1) is 0 Å². The van der Waals surface area contributed by atoms with E-state index in [0.717, 1.165) is 12.1 Å². The van der Waals surface area contributed by atoms with Crippen molar-refractivity contribution in [3.63, 3.8) is 0 Å². The maximum Gasteiger partial charge on any atom is 0.416 e. The third-order valence-corrected chi connectivity index (χ3v) is 5.22. The molecule has 2 aromatic carbocycles. The molecule has 0 bridgehead atoms. The van der Waals surface area contributed by atoms with Gasteiger partial charge in [0.05, 0.1) is 36.1 Å². The van der Waals surface area contributed by atoms with Crippen molar-refractivity contribution in [2.24, 2.45) is 0 Å². The summed E-state index contributed by atoms with van der Waals surface area (Å²) in [5.74, 6) is -0.807. The van der Waals surface area contributed by atoms with Gasteiger partial charge in [-0.2, -0.15) is 13.2 Å². The Morgan fingerprint density at radius 3 is 2.54 bits per heavy atom. The first-order chi connectivity index (χ1) is 16.7. The Balaban J connectivity index is 1.78. The molecular weight excluding hydrogens is 463 g/mol. The van der Waals surface area contributed by atoms with Crippen LogP contribution in [0.15, 0.2) is 67.0 Å². The second kappa shape index (κ2) is 9.49. The van der Waals surface area contributed by atoms with E-state index >= 15 is 0 Å². The summed E-state index contributed by atoms with van der Waals surface area (Å²) in [6.07, 6.45) is -3.20. The minimum absolute atomic E-state index is 0.000425. The van der Waals surface area contributed by atoms with E-state index in [1.54, 1.807) is 31.2 Å². The van der Waals surface area contributed by atoms with Crippen molar-refractivity contribution < 1.29 is 32.2 Å². The molecule has 0 radical (unpaired) electrons. The molecule has 0 saturated carbocycles. The lowest BCUT2D eigenvalue weighted by atomic mass is 10.1. The number of ether oxygens (including phenoxy) is 2. The Morgan fingerprint density at radius 2 is 1.83 bits per heavy atom. The van der Waals surface area contributed by atoms with Crippen molar-refractivity contribution in [3.05, 3.63) is 83.8 Å². The highest BCUT2D eigenvalue weighted by molar-refractivity contribution is 6.08. The molecular formula is C25H20F3N3O4. The first-order valence-electron chi connectivity index (χ1n) is 10.5. The monoisotopic (exact) mass is 483 g/mol. The number of hydrogen-bond donors (Lipinski definition) is 1. The standard InChI is InChI=1S/C25H20F3N3O4/c1-3-35-24(33)18-12-21(23(32)30-16-8-6-7-15(11-16)25(26,27)28)31-14-29-19(13-20(18)31)17-9-4-5-10-22(17)34-2/h4-14H,3H2,1-2H3,(H,30,32). The largest absolute Gasteiger partial charge is 0.496 e. The zero-order valence-corrected chi connectivity index (χ0v) is 18.7. The number of benzene rings is 2. The number of fused-ring (bicyclic) bond motifs is 1. The molecule has 0 atom stereocenters. The molecule has 1 amide bonds. The summed E-state index contributed by atoms with van der Waals surface area (Å²) in [6, 6.07) is 14.4. The molecule has 35 heavy (non-hydrogen) atoms. The van der Waals surface area contributed by atoms with E-state index in [1.165, 1.54) is 36.0 Å². The van der Waals surface area contributed by atoms with E-state index in [9.17, 15) is 22.8 Å². The molecule has 10 heteroatoms. The van der Waals surface area contributed by atoms with Crippen molar-refractivity contribution in [1.82, 2.24) is 9.38 Å². The van der Waals surface area contributed by atoms with Crippen LogP contribution in [0.25, 0.3) is 16.8 Å². The summed E-state index contributed by atoms with van der Waals surface area (Å²) in [5, 5.41) is 2.45. The molecule has 4 aromatic rings. The number of anilines is 1. The van der Waals surface area contributed by atoms with Crippen molar-refractivity contribution >= 4 is 23.1 Å². The SMILES string of the molecule is CCOC(=O)c1cc(C(=O)Nc2cccc(C(F)(F)F)c2)n2cnc(-c3ccccc3OC)cc12. The van der Waals surface area contributed by atoms with Crippen LogP contribution in [0.3, 0.4) is 0 Å². The van der Waals surface area contributed by atoms with Crippen molar-refractivity contribution in [1.29, 1.82) is 0 Å². The summed E-state index contributed by atoms with van der Waals surface area (Å²) in [6.45, 7) is 1.77. The fraction of sp³-hybridized carbons (Fsp3) is 0.160. The summed E-state index contributed by atoms with van der Waals surface area (Å²) < 4.78 is 51.1. The van der Waals surface area contributed by atoms with Gasteiger partial charge in [0.2, 0.25) is 0 Å². The molecule has 2 heterocycles. The summed E-state index contributed by atoms with van der Waals surface area (Å²) in [4.78, 5) is 30.1. The van der Waals surface area contributed by atoms with Gasteiger partial charge in [0.15, 0.2) is 0 Å². The lowest BCUT2D eigenvalue weighted by Gasteiger charge is -2.11. The number of aromatic nitrogens is 2. The molecule has 0 saturated heterocycles. The van der Waals surface area contributed by atoms with E-state index in [-0.39, 0.29) is 23.6 Å². The third-order valence-electron chi connectivity index (χ3n) is 5.22. The number of methoxy groups -OCH3 is 1. The van der Waals surface area contributed by atoms with Gasteiger partial charge in [0.1, 0.15) is 17.8 Å². The quantitative estimate of drug-likeness (QED) is 0.369. The number of esters is 1. The van der Waals surface area contributed by atoms with Crippen molar-refractivity contribution in [2.75, 3.05) is 19.0 Å². The van der Waals surface area contributed by atoms with Gasteiger partial charge in [-0.25, -0.2) is 9.78 Å². The van der Waals surface area contributed by atoms with Gasteiger partial charge >= 0.3 is 12.1 Å². The van der Waals surface area contributed by atoms with E-state index in [1.807, 2.05) is 6.07 Å². The Hall–Kier alpha value is -4.34. The molecule has 0 aliphatic carbocycles. The van der Waals surface area contributed by atoms with Crippen LogP contribution in [-0.4, -0.2) is 35.0 Å². The zero-order chi connectivity index (χ0) is 25.2. The topological polar surface area (TPSA) is 81.9 Å². The first-order valence-corrected chi connectivity index (χ1v) is 10.5. The van der Waals surface area contributed by atoms with Gasteiger partial charge < -0.3 is 14.8 Å². The van der Waals surface area contributed by atoms with Crippen LogP contribution in [0, 0.1) is 0 Å². The molecule has 4 rings (SSSR count). The maximum atomic E-state index is 13.0. The molecule has 0 unspecified atom stereocenters. The summed E-state index contributed by atoms with van der Waals surface area (Å²) >= 11 is 0. The molecule has 7 nitrogen and oxygen atoms in total. The average Bonchev–Trinajstić information content (AvgIpc) is 3.23. The predicted molar refractivity (Wildman–Crippen MR) is 123 cm³/mol. The number of amides is 1. The second-order valence-corrected chi connectivity index (χ2v) is 7.43. The fourth-order valence-electron chi connectivity index (χ4n) is 3.62. The number of nitrogens with zero attached hydrogens (tertiary/aromatic N) is 2. The summed E-state index contributed by atoms with van der Waals surface area (Å²) in [7, 11) is 1.52. The zero-order valence-electron chi connectivity index (χ0n) is 18.7. The number of alkyl halides is 3. The number of para-hydroxylation sites is 1. The van der Waals surface area contributed by atoms with Crippen molar-refractivity contribution in [3.8, 4) is 17.0 Å². The molecule has 0 spiro atoms. The number of hydrogen-bond acceptors (Lipinski definition) is 5. The van der Waals surface area contributed by atoms with Gasteiger partial charge in [-0.3, -0.25) is 9.20 Å². The highest BCUT2D eigenvalue weighted by Crippen LogP contribution is 2.32. The van der Waals surface area contributed by atoms with Crippen LogP contribution in [0.1, 0.15) is 33.3 Å². The minimum Gasteiger partial charge on any atom is -0.496 e. The van der Waals surface area contributed by atoms with Crippen LogP contribution in [0.5, 0.6) is 5.75 Å². The average molecular weight is 483 g/mol. The first kappa shape index (κ1) is 23.8. The number of carbonyl (C=O) groups excluding carboxylic acids is 2. The van der Waals surface area contributed by atoms with Gasteiger partial charge in [-0.1, -0.05) is 18.2 Å². The Labute approximate surface area is 198 Å². The molecule has 0 aliphatic heterocycles. The van der Waals surface area contributed by atoms with Crippen molar-refractivity contribution in [2.45, 2.75) is 13.1 Å². The molecule has 1 N–H and O–H groups in total. The molecule has 180 valence electrons. The maximum absolute atomic E-state index is 13.0. The third kappa shape index (κ3) is 4.81. The number of nitrogens with one attached hydrogen (secondary N) is 1. The molecule has 2 aromatic heterocycles. The molecule has 0 aliphatic rings. The van der Waals surface area contributed by atoms with Crippen LogP contribution < -0.4 is 10.1 Å². The van der Waals surface area contributed by atoms with Gasteiger partial charge in [0.25, 0.3) is 5.91 Å². The normalized spacial score (nSPS) is 11.3. The smallest absolute Gasteiger partial charge is 0.416 e.